The number of ether oxygens (including phenoxy) is 7. The van der Waals surface area contributed by atoms with Crippen molar-refractivity contribution < 1.29 is 53.1 Å². The summed E-state index contributed by atoms with van der Waals surface area (Å²) < 4.78 is 44.7. The largest absolute Gasteiger partial charge is 0.387 e. The molecule has 0 spiro atoms. The molecule has 1 saturated heterocycles. The fourth-order valence-corrected chi connectivity index (χ4v) is 6.84. The van der Waals surface area contributed by atoms with Crippen LogP contribution in [0.15, 0.2) is 152 Å². The van der Waals surface area contributed by atoms with E-state index in [4.69, 9.17) is 42.9 Å². The highest BCUT2D eigenvalue weighted by molar-refractivity contribution is 5.17. The van der Waals surface area contributed by atoms with Crippen molar-refractivity contribution in [2.45, 2.75) is 95.1 Å². The zero-order valence-electron chi connectivity index (χ0n) is 33.6. The van der Waals surface area contributed by atoms with Gasteiger partial charge >= 0.3 is 0 Å². The van der Waals surface area contributed by atoms with Crippen LogP contribution >= 0.6 is 0 Å². The number of benzene rings is 5. The molecule has 1 heterocycles. The summed E-state index contributed by atoms with van der Waals surface area (Å²) >= 11 is 0. The first-order valence-corrected chi connectivity index (χ1v) is 20.0. The molecule has 0 aromatic heterocycles. The van der Waals surface area contributed by atoms with E-state index in [1.807, 2.05) is 159 Å². The zero-order chi connectivity index (χ0) is 41.1. The molecule has 5 aromatic carbocycles. The molecule has 5 unspecified atom stereocenters. The first-order valence-electron chi connectivity index (χ1n) is 20.0. The van der Waals surface area contributed by atoms with E-state index in [9.17, 15) is 10.2 Å². The van der Waals surface area contributed by atoms with Crippen LogP contribution in [0.5, 0.6) is 0 Å². The van der Waals surface area contributed by atoms with Crippen molar-refractivity contribution >= 4 is 0 Å². The van der Waals surface area contributed by atoms with E-state index in [0.717, 1.165) is 27.8 Å². The van der Waals surface area contributed by atoms with Gasteiger partial charge in [-0.1, -0.05) is 152 Å². The Morgan fingerprint density at radius 1 is 0.525 bits per heavy atom. The Morgan fingerprint density at radius 3 is 1.46 bits per heavy atom. The summed E-state index contributed by atoms with van der Waals surface area (Å²) in [6.07, 6.45) is -8.79. The first-order chi connectivity index (χ1) is 29.0. The molecule has 0 amide bonds. The van der Waals surface area contributed by atoms with Crippen molar-refractivity contribution in [1.29, 1.82) is 0 Å². The summed E-state index contributed by atoms with van der Waals surface area (Å²) in [5.74, 6) is 0. The van der Waals surface area contributed by atoms with E-state index in [1.165, 1.54) is 7.11 Å². The van der Waals surface area contributed by atoms with Crippen LogP contribution in [0.2, 0.25) is 0 Å². The van der Waals surface area contributed by atoms with Crippen molar-refractivity contribution in [1.82, 2.24) is 0 Å². The third kappa shape index (κ3) is 13.9. The fourth-order valence-electron chi connectivity index (χ4n) is 6.84. The summed E-state index contributed by atoms with van der Waals surface area (Å²) in [4.78, 5) is 11.3. The lowest BCUT2D eigenvalue weighted by atomic mass is 9.98. The standard InChI is InChI=1S/C48H56O11/c1-35(53-29-37-20-10-4-11-21-37)45(54-30-38-22-12-5-13-23-38)46(55-31-39-24-14-6-15-25-39)42(59-51-2)34-57-48-44(50)47(56-32-40-26-16-7-17-27-40)43(49)41(58-48)33-52-28-36-18-8-3-9-19-36/h3-27,35,41-50H,28-34H2,1-2H3/t35-,41?,42?,43-,44?,45?,46-,47?,48+/m1/s1. The Hall–Kier alpha value is -4.34. The van der Waals surface area contributed by atoms with Crippen LogP contribution in [0.25, 0.3) is 0 Å². The fraction of sp³-hybridized carbons (Fsp3) is 0.375. The first kappa shape index (κ1) is 44.2. The van der Waals surface area contributed by atoms with Crippen molar-refractivity contribution in [3.8, 4) is 0 Å². The van der Waals surface area contributed by atoms with Crippen molar-refractivity contribution in [2.75, 3.05) is 20.3 Å². The van der Waals surface area contributed by atoms with E-state index in [2.05, 4.69) is 0 Å². The molecule has 5 aromatic rings. The monoisotopic (exact) mass is 808 g/mol. The Balaban J connectivity index is 1.23. The number of hydrogen-bond donors (Lipinski definition) is 2. The third-order valence-electron chi connectivity index (χ3n) is 10.0. The molecule has 59 heavy (non-hydrogen) atoms. The van der Waals surface area contributed by atoms with Crippen molar-refractivity contribution in [3.63, 3.8) is 0 Å². The van der Waals surface area contributed by atoms with Gasteiger partial charge in [-0.15, -0.1) is 0 Å². The minimum Gasteiger partial charge on any atom is -0.387 e. The topological polar surface area (TPSA) is 124 Å². The molecule has 0 aliphatic carbocycles. The molecule has 1 fully saturated rings. The number of aliphatic hydroxyl groups excluding tert-OH is 2. The van der Waals surface area contributed by atoms with Gasteiger partial charge in [0.15, 0.2) is 6.29 Å². The maximum atomic E-state index is 11.7. The Kier molecular flexibility index (Phi) is 18.0. The molecular formula is C48H56O11. The second-order valence-electron chi connectivity index (χ2n) is 14.4. The van der Waals surface area contributed by atoms with Crippen molar-refractivity contribution in [3.05, 3.63) is 179 Å². The minimum atomic E-state index is -1.38. The van der Waals surface area contributed by atoms with E-state index in [-0.39, 0.29) is 33.0 Å². The molecular weight excluding hydrogens is 753 g/mol. The van der Waals surface area contributed by atoms with Crippen LogP contribution in [0.1, 0.15) is 34.7 Å². The van der Waals surface area contributed by atoms with Gasteiger partial charge in [0.05, 0.1) is 59.5 Å². The van der Waals surface area contributed by atoms with Gasteiger partial charge in [0.1, 0.15) is 42.7 Å². The lowest BCUT2D eigenvalue weighted by molar-refractivity contribution is -0.360. The average Bonchev–Trinajstić information content (AvgIpc) is 3.28. The van der Waals surface area contributed by atoms with Gasteiger partial charge in [0.25, 0.3) is 0 Å². The summed E-state index contributed by atoms with van der Waals surface area (Å²) in [6, 6.07) is 48.8. The molecule has 1 aliphatic heterocycles. The van der Waals surface area contributed by atoms with Crippen LogP contribution in [0.3, 0.4) is 0 Å². The van der Waals surface area contributed by atoms with E-state index in [0.29, 0.717) is 13.2 Å². The third-order valence-corrected chi connectivity index (χ3v) is 10.0. The van der Waals surface area contributed by atoms with Crippen LogP contribution < -0.4 is 0 Å². The smallest absolute Gasteiger partial charge is 0.186 e. The predicted molar refractivity (Wildman–Crippen MR) is 220 cm³/mol. The quantitative estimate of drug-likeness (QED) is 0.0496. The van der Waals surface area contributed by atoms with Gasteiger partial charge in [-0.05, 0) is 34.7 Å². The number of rotatable bonds is 24. The van der Waals surface area contributed by atoms with Gasteiger partial charge in [0.2, 0.25) is 0 Å². The summed E-state index contributed by atoms with van der Waals surface area (Å²) in [7, 11) is 1.41. The Morgan fingerprint density at radius 2 is 0.966 bits per heavy atom. The van der Waals surface area contributed by atoms with E-state index >= 15 is 0 Å². The molecule has 0 bridgehead atoms. The predicted octanol–water partition coefficient (Wildman–Crippen LogP) is 6.97. The van der Waals surface area contributed by atoms with E-state index in [1.54, 1.807) is 0 Å². The lowest BCUT2D eigenvalue weighted by Gasteiger charge is -2.43. The number of aliphatic hydroxyl groups is 2. The second-order valence-corrected chi connectivity index (χ2v) is 14.4. The van der Waals surface area contributed by atoms with Crippen LogP contribution in [0.4, 0.5) is 0 Å². The molecule has 314 valence electrons. The molecule has 2 N–H and O–H groups in total. The Bertz CT molecular complexity index is 1840. The molecule has 0 radical (unpaired) electrons. The van der Waals surface area contributed by atoms with Gasteiger partial charge in [0, 0.05) is 0 Å². The highest BCUT2D eigenvalue weighted by atomic mass is 17.2. The van der Waals surface area contributed by atoms with Crippen LogP contribution in [-0.2, 0) is 76.0 Å². The second kappa shape index (κ2) is 24.0. The normalized spacial score (nSPS) is 21.4. The molecule has 6 rings (SSSR count). The molecule has 0 saturated carbocycles. The maximum Gasteiger partial charge on any atom is 0.186 e. The molecule has 11 heteroatoms. The highest BCUT2D eigenvalue weighted by Gasteiger charge is 2.47. The molecule has 11 nitrogen and oxygen atoms in total. The number of hydrogen-bond acceptors (Lipinski definition) is 11. The van der Waals surface area contributed by atoms with Crippen LogP contribution in [0, 0.1) is 0 Å². The highest BCUT2D eigenvalue weighted by Crippen LogP contribution is 2.28. The molecule has 9 atom stereocenters. The molecule has 1 aliphatic rings. The lowest BCUT2D eigenvalue weighted by Crippen LogP contribution is -2.60. The van der Waals surface area contributed by atoms with Gasteiger partial charge in [-0.3, -0.25) is 0 Å². The van der Waals surface area contributed by atoms with Gasteiger partial charge in [-0.2, -0.15) is 0 Å². The summed E-state index contributed by atoms with van der Waals surface area (Å²) in [5, 5.41) is 23.2. The zero-order valence-corrected chi connectivity index (χ0v) is 33.6. The summed E-state index contributed by atoms with van der Waals surface area (Å²) in [5.41, 5.74) is 4.76. The van der Waals surface area contributed by atoms with Gasteiger partial charge < -0.3 is 43.4 Å². The maximum absolute atomic E-state index is 11.7. The Labute approximate surface area is 347 Å². The SMILES string of the molecule is COOC(CO[C@H]1OC(COCc2ccccc2)[C@@H](O)C(OCc2ccccc2)C1O)[C@@H](OCc1ccccc1)C(OCc1ccccc1)[C@@H](C)OCc1ccccc1. The summed E-state index contributed by atoms with van der Waals surface area (Å²) in [6.45, 7) is 3.05. The van der Waals surface area contributed by atoms with E-state index < -0.39 is 55.1 Å². The van der Waals surface area contributed by atoms with Gasteiger partial charge in [-0.25, -0.2) is 9.78 Å². The van der Waals surface area contributed by atoms with Crippen molar-refractivity contribution in [2.24, 2.45) is 0 Å². The average molecular weight is 809 g/mol. The minimum absolute atomic E-state index is 0.0142. The van der Waals surface area contributed by atoms with Crippen LogP contribution in [-0.4, -0.2) is 85.7 Å².